The molecule has 0 amide bonds. The van der Waals surface area contributed by atoms with E-state index in [1.54, 1.807) is 6.33 Å². The second kappa shape index (κ2) is 9.69. The van der Waals surface area contributed by atoms with E-state index in [4.69, 9.17) is 17.3 Å². The van der Waals surface area contributed by atoms with E-state index < -0.39 is 12.0 Å². The largest absolute Gasteiger partial charge is 0.468 e. The molecule has 22 heavy (non-hydrogen) atoms. The molecule has 122 valence electrons. The van der Waals surface area contributed by atoms with Crippen LogP contribution in [0.5, 0.6) is 0 Å². The molecule has 1 aromatic carbocycles. The molecule has 2 N–H and O–H groups in total. The van der Waals surface area contributed by atoms with Gasteiger partial charge in [-0.25, -0.2) is 4.98 Å². The van der Waals surface area contributed by atoms with E-state index in [2.05, 4.69) is 9.72 Å². The lowest BCUT2D eigenvalue weighted by Crippen LogP contribution is -2.33. The first kappa shape index (κ1) is 20.7. The van der Waals surface area contributed by atoms with Gasteiger partial charge in [-0.15, -0.1) is 24.8 Å². The van der Waals surface area contributed by atoms with Gasteiger partial charge in [0.2, 0.25) is 0 Å². The first-order valence-electron chi connectivity index (χ1n) is 6.17. The van der Waals surface area contributed by atoms with Gasteiger partial charge in [0.05, 0.1) is 19.1 Å². The molecule has 1 unspecified atom stereocenters. The van der Waals surface area contributed by atoms with Crippen molar-refractivity contribution in [3.63, 3.8) is 0 Å². The van der Waals surface area contributed by atoms with E-state index >= 15 is 0 Å². The highest BCUT2D eigenvalue weighted by Crippen LogP contribution is 2.11. The van der Waals surface area contributed by atoms with Crippen LogP contribution in [0.25, 0.3) is 0 Å². The quantitative estimate of drug-likeness (QED) is 0.825. The van der Waals surface area contributed by atoms with Crippen molar-refractivity contribution in [2.45, 2.75) is 19.0 Å². The summed E-state index contributed by atoms with van der Waals surface area (Å²) in [7, 11) is 1.32. The first-order valence-corrected chi connectivity index (χ1v) is 6.55. The molecule has 2 aromatic rings. The van der Waals surface area contributed by atoms with Gasteiger partial charge in [-0.2, -0.15) is 0 Å². The summed E-state index contributed by atoms with van der Waals surface area (Å²) in [6, 6.07) is 6.94. The van der Waals surface area contributed by atoms with E-state index in [0.29, 0.717) is 18.0 Å². The zero-order chi connectivity index (χ0) is 14.5. The number of carbonyl (C=O) groups is 1. The van der Waals surface area contributed by atoms with Crippen LogP contribution >= 0.6 is 36.4 Å². The Morgan fingerprint density at radius 2 is 2.00 bits per heavy atom. The lowest BCUT2D eigenvalue weighted by atomic mass is 10.2. The number of nitrogens with zero attached hydrogens (tertiary/aromatic N) is 2. The molecule has 0 spiro atoms. The van der Waals surface area contributed by atoms with Crippen molar-refractivity contribution >= 4 is 42.4 Å². The average molecular weight is 367 g/mol. The van der Waals surface area contributed by atoms with Crippen LogP contribution in [-0.2, 0) is 22.5 Å². The molecular formula is C14H18Cl3N3O2. The zero-order valence-corrected chi connectivity index (χ0v) is 14.3. The summed E-state index contributed by atoms with van der Waals surface area (Å²) in [6.07, 6.45) is 3.95. The number of methoxy groups -OCH3 is 1. The van der Waals surface area contributed by atoms with Gasteiger partial charge >= 0.3 is 5.97 Å². The molecule has 0 saturated heterocycles. The Hall–Kier alpha value is -1.27. The molecule has 0 aliphatic rings. The number of esters is 1. The Labute approximate surface area is 146 Å². The van der Waals surface area contributed by atoms with Crippen LogP contribution in [0.1, 0.15) is 11.3 Å². The van der Waals surface area contributed by atoms with Crippen LogP contribution in [-0.4, -0.2) is 28.7 Å². The highest BCUT2D eigenvalue weighted by Gasteiger charge is 2.15. The molecule has 0 fully saturated rings. The fourth-order valence-corrected chi connectivity index (χ4v) is 1.98. The van der Waals surface area contributed by atoms with Crippen LogP contribution in [0.15, 0.2) is 36.8 Å². The molecule has 0 bridgehead atoms. The number of imidazole rings is 1. The fourth-order valence-electron chi connectivity index (χ4n) is 1.86. The molecule has 0 radical (unpaired) electrons. The molecular weight excluding hydrogens is 349 g/mol. The molecule has 0 aliphatic heterocycles. The number of hydrogen-bond donors (Lipinski definition) is 1. The highest BCUT2D eigenvalue weighted by molar-refractivity contribution is 6.30. The SMILES string of the molecule is COC(=O)C(N)Cc1cn(Cc2ccc(Cl)cc2)cn1.Cl.Cl. The third-order valence-electron chi connectivity index (χ3n) is 2.90. The number of nitrogens with two attached hydrogens (primary N) is 1. The summed E-state index contributed by atoms with van der Waals surface area (Å²) in [5, 5.41) is 0.712. The maximum absolute atomic E-state index is 11.3. The average Bonchev–Trinajstić information content (AvgIpc) is 2.87. The molecule has 5 nitrogen and oxygen atoms in total. The number of benzene rings is 1. The summed E-state index contributed by atoms with van der Waals surface area (Å²) in [5.41, 5.74) is 7.58. The van der Waals surface area contributed by atoms with Crippen LogP contribution < -0.4 is 5.73 Å². The number of aromatic nitrogens is 2. The van der Waals surface area contributed by atoms with Crippen molar-refractivity contribution in [3.8, 4) is 0 Å². The number of hydrogen-bond acceptors (Lipinski definition) is 4. The van der Waals surface area contributed by atoms with Gasteiger partial charge in [0.1, 0.15) is 6.04 Å². The third-order valence-corrected chi connectivity index (χ3v) is 3.15. The summed E-state index contributed by atoms with van der Waals surface area (Å²) in [4.78, 5) is 15.5. The third kappa shape index (κ3) is 5.85. The van der Waals surface area contributed by atoms with Crippen molar-refractivity contribution in [1.29, 1.82) is 0 Å². The van der Waals surface area contributed by atoms with Crippen molar-refractivity contribution in [1.82, 2.24) is 9.55 Å². The van der Waals surface area contributed by atoms with E-state index in [0.717, 1.165) is 11.3 Å². The van der Waals surface area contributed by atoms with Crippen molar-refractivity contribution in [3.05, 3.63) is 53.1 Å². The van der Waals surface area contributed by atoms with Crippen molar-refractivity contribution < 1.29 is 9.53 Å². The van der Waals surface area contributed by atoms with Gasteiger partial charge in [-0.3, -0.25) is 4.79 Å². The highest BCUT2D eigenvalue weighted by atomic mass is 35.5. The Morgan fingerprint density at radius 3 is 2.59 bits per heavy atom. The summed E-state index contributed by atoms with van der Waals surface area (Å²) >= 11 is 5.84. The van der Waals surface area contributed by atoms with Crippen molar-refractivity contribution in [2.75, 3.05) is 7.11 Å². The minimum absolute atomic E-state index is 0. The Kier molecular flexibility index (Phi) is 9.13. The lowest BCUT2D eigenvalue weighted by Gasteiger charge is -2.06. The van der Waals surface area contributed by atoms with Crippen LogP contribution in [0.3, 0.4) is 0 Å². The first-order chi connectivity index (χ1) is 9.58. The smallest absolute Gasteiger partial charge is 0.323 e. The molecule has 2 rings (SSSR count). The van der Waals surface area contributed by atoms with Gasteiger partial charge in [0.25, 0.3) is 0 Å². The van der Waals surface area contributed by atoms with Crippen LogP contribution in [0.2, 0.25) is 5.02 Å². The number of rotatable bonds is 5. The van der Waals surface area contributed by atoms with Gasteiger partial charge in [0, 0.05) is 24.2 Å². The Bertz CT molecular complexity index is 587. The van der Waals surface area contributed by atoms with E-state index in [-0.39, 0.29) is 24.8 Å². The number of ether oxygens (including phenoxy) is 1. The zero-order valence-electron chi connectivity index (χ0n) is 11.9. The molecule has 1 heterocycles. The van der Waals surface area contributed by atoms with Gasteiger partial charge in [-0.05, 0) is 17.7 Å². The normalized spacial score (nSPS) is 11.0. The van der Waals surface area contributed by atoms with E-state index in [1.165, 1.54) is 7.11 Å². The summed E-state index contributed by atoms with van der Waals surface area (Å²) < 4.78 is 6.52. The van der Waals surface area contributed by atoms with Gasteiger partial charge in [-0.1, -0.05) is 23.7 Å². The topological polar surface area (TPSA) is 70.1 Å². The molecule has 8 heteroatoms. The molecule has 1 atom stereocenters. The molecule has 0 saturated carbocycles. The predicted octanol–water partition coefficient (Wildman–Crippen LogP) is 2.47. The fraction of sp³-hybridized carbons (Fsp3) is 0.286. The monoisotopic (exact) mass is 365 g/mol. The number of halogens is 3. The van der Waals surface area contributed by atoms with Gasteiger partial charge in [0.15, 0.2) is 0 Å². The maximum Gasteiger partial charge on any atom is 0.323 e. The second-order valence-electron chi connectivity index (χ2n) is 4.50. The van der Waals surface area contributed by atoms with Crippen molar-refractivity contribution in [2.24, 2.45) is 5.73 Å². The van der Waals surface area contributed by atoms with E-state index in [9.17, 15) is 4.79 Å². The van der Waals surface area contributed by atoms with Gasteiger partial charge < -0.3 is 15.0 Å². The predicted molar refractivity (Wildman–Crippen MR) is 91.0 cm³/mol. The van der Waals surface area contributed by atoms with Crippen LogP contribution in [0, 0.1) is 0 Å². The van der Waals surface area contributed by atoms with E-state index in [1.807, 2.05) is 35.0 Å². The maximum atomic E-state index is 11.3. The summed E-state index contributed by atoms with van der Waals surface area (Å²) in [6.45, 7) is 0.692. The Balaban J connectivity index is 0.00000220. The van der Waals surface area contributed by atoms with Crippen LogP contribution in [0.4, 0.5) is 0 Å². The minimum Gasteiger partial charge on any atom is -0.468 e. The molecule has 0 aliphatic carbocycles. The lowest BCUT2D eigenvalue weighted by molar-refractivity contribution is -0.142. The summed E-state index contributed by atoms with van der Waals surface area (Å²) in [5.74, 6) is -0.433. The second-order valence-corrected chi connectivity index (χ2v) is 4.93. The number of carbonyl (C=O) groups excluding carboxylic acids is 1. The minimum atomic E-state index is -0.682. The standard InChI is InChI=1S/C14H16ClN3O2.2ClH/c1-20-14(19)13(16)6-12-8-18(9-17-12)7-10-2-4-11(15)5-3-10;;/h2-5,8-9,13H,6-7,16H2,1H3;2*1H. The Morgan fingerprint density at radius 1 is 1.36 bits per heavy atom. The molecule has 1 aromatic heterocycles.